The van der Waals surface area contributed by atoms with Gasteiger partial charge in [0.15, 0.2) is 0 Å². The van der Waals surface area contributed by atoms with Crippen LogP contribution in [0.5, 0.6) is 0 Å². The third-order valence-electron chi connectivity index (χ3n) is 3.35. The van der Waals surface area contributed by atoms with E-state index in [0.717, 1.165) is 25.7 Å². The van der Waals surface area contributed by atoms with Crippen molar-refractivity contribution in [2.24, 2.45) is 17.6 Å². The van der Waals surface area contributed by atoms with Crippen molar-refractivity contribution in [1.82, 2.24) is 10.6 Å². The number of likely N-dealkylation sites (N-methyl/N-ethyl adjacent to an activating group) is 1. The van der Waals surface area contributed by atoms with Gasteiger partial charge in [0.1, 0.15) is 0 Å². The molecule has 0 spiro atoms. The zero-order chi connectivity index (χ0) is 12.7. The maximum Gasteiger partial charge on any atom is 0.239 e. The van der Waals surface area contributed by atoms with E-state index in [1.807, 2.05) is 6.92 Å². The van der Waals surface area contributed by atoms with Crippen LogP contribution in [0.15, 0.2) is 0 Å². The van der Waals surface area contributed by atoms with Crippen LogP contribution in [0.3, 0.4) is 0 Å². The number of nitrogens with two attached hydrogens (primary N) is 1. The monoisotopic (exact) mass is 241 g/mol. The Morgan fingerprint density at radius 3 is 2.59 bits per heavy atom. The molecule has 0 aromatic heterocycles. The van der Waals surface area contributed by atoms with E-state index in [0.29, 0.717) is 13.1 Å². The SMILES string of the molecule is CCNC(=O)CNC(=O)C1CCCCC1CN. The normalized spacial score (nSPS) is 24.1. The molecule has 0 aromatic carbocycles. The van der Waals surface area contributed by atoms with Crippen LogP contribution in [0.2, 0.25) is 0 Å². The highest BCUT2D eigenvalue weighted by atomic mass is 16.2. The minimum Gasteiger partial charge on any atom is -0.355 e. The molecule has 0 radical (unpaired) electrons. The van der Waals surface area contributed by atoms with Gasteiger partial charge in [-0.1, -0.05) is 12.8 Å². The van der Waals surface area contributed by atoms with Gasteiger partial charge in [0.25, 0.3) is 0 Å². The minimum absolute atomic E-state index is 0.0109. The number of hydrogen-bond donors (Lipinski definition) is 3. The van der Waals surface area contributed by atoms with Gasteiger partial charge in [0.2, 0.25) is 11.8 Å². The summed E-state index contributed by atoms with van der Waals surface area (Å²) >= 11 is 0. The minimum atomic E-state index is -0.138. The van der Waals surface area contributed by atoms with Crippen molar-refractivity contribution in [2.45, 2.75) is 32.6 Å². The lowest BCUT2D eigenvalue weighted by Crippen LogP contribution is -2.43. The summed E-state index contributed by atoms with van der Waals surface area (Å²) in [7, 11) is 0. The standard InChI is InChI=1S/C12H23N3O2/c1-2-14-11(16)8-15-12(17)10-6-4-3-5-9(10)7-13/h9-10H,2-8,13H2,1H3,(H,14,16)(H,15,17). The molecular formula is C12H23N3O2. The van der Waals surface area contributed by atoms with Crippen molar-refractivity contribution in [2.75, 3.05) is 19.6 Å². The van der Waals surface area contributed by atoms with Crippen LogP contribution in [0.25, 0.3) is 0 Å². The lowest BCUT2D eigenvalue weighted by atomic mass is 9.79. The smallest absolute Gasteiger partial charge is 0.239 e. The number of nitrogens with one attached hydrogen (secondary N) is 2. The van der Waals surface area contributed by atoms with Crippen molar-refractivity contribution in [3.63, 3.8) is 0 Å². The van der Waals surface area contributed by atoms with E-state index in [1.54, 1.807) is 0 Å². The second-order valence-electron chi connectivity index (χ2n) is 4.56. The largest absolute Gasteiger partial charge is 0.355 e. The summed E-state index contributed by atoms with van der Waals surface area (Å²) in [6, 6.07) is 0. The van der Waals surface area contributed by atoms with Gasteiger partial charge in [-0.05, 0) is 32.2 Å². The first-order valence-electron chi connectivity index (χ1n) is 6.43. The summed E-state index contributed by atoms with van der Waals surface area (Å²) in [6.07, 6.45) is 4.15. The Balaban J connectivity index is 2.37. The lowest BCUT2D eigenvalue weighted by molar-refractivity contribution is -0.130. The van der Waals surface area contributed by atoms with Crippen LogP contribution in [-0.4, -0.2) is 31.4 Å². The molecule has 2 amide bonds. The fraction of sp³-hybridized carbons (Fsp3) is 0.833. The van der Waals surface area contributed by atoms with Crippen LogP contribution in [0.1, 0.15) is 32.6 Å². The Morgan fingerprint density at radius 1 is 1.24 bits per heavy atom. The maximum absolute atomic E-state index is 11.9. The molecule has 0 saturated heterocycles. The fourth-order valence-corrected chi connectivity index (χ4v) is 2.39. The van der Waals surface area contributed by atoms with Crippen molar-refractivity contribution in [1.29, 1.82) is 0 Å². The molecule has 4 N–H and O–H groups in total. The van der Waals surface area contributed by atoms with Gasteiger partial charge in [-0.15, -0.1) is 0 Å². The molecule has 1 aliphatic rings. The molecule has 1 fully saturated rings. The van der Waals surface area contributed by atoms with Gasteiger partial charge < -0.3 is 16.4 Å². The maximum atomic E-state index is 11.9. The van der Waals surface area contributed by atoms with E-state index in [9.17, 15) is 9.59 Å². The van der Waals surface area contributed by atoms with Crippen molar-refractivity contribution in [3.05, 3.63) is 0 Å². The number of rotatable bonds is 5. The van der Waals surface area contributed by atoms with E-state index in [2.05, 4.69) is 10.6 Å². The molecular weight excluding hydrogens is 218 g/mol. The van der Waals surface area contributed by atoms with E-state index in [1.165, 1.54) is 0 Å². The quantitative estimate of drug-likeness (QED) is 0.633. The first-order chi connectivity index (χ1) is 8.19. The van der Waals surface area contributed by atoms with Gasteiger partial charge in [0.05, 0.1) is 6.54 Å². The number of hydrogen-bond acceptors (Lipinski definition) is 3. The summed E-state index contributed by atoms with van der Waals surface area (Å²) in [4.78, 5) is 23.2. The van der Waals surface area contributed by atoms with Gasteiger partial charge in [-0.3, -0.25) is 9.59 Å². The van der Waals surface area contributed by atoms with E-state index >= 15 is 0 Å². The average molecular weight is 241 g/mol. The van der Waals surface area contributed by atoms with Crippen LogP contribution < -0.4 is 16.4 Å². The third kappa shape index (κ3) is 4.34. The van der Waals surface area contributed by atoms with Gasteiger partial charge in [-0.2, -0.15) is 0 Å². The van der Waals surface area contributed by atoms with E-state index < -0.39 is 0 Å². The Bertz CT molecular complexity index is 268. The molecule has 0 aromatic rings. The predicted molar refractivity (Wildman–Crippen MR) is 66.2 cm³/mol. The first kappa shape index (κ1) is 14.0. The van der Waals surface area contributed by atoms with Gasteiger partial charge in [0, 0.05) is 12.5 Å². The zero-order valence-corrected chi connectivity index (χ0v) is 10.5. The summed E-state index contributed by atoms with van der Waals surface area (Å²) in [5, 5.41) is 5.35. The molecule has 5 heteroatoms. The Kier molecular flexibility index (Phi) is 5.97. The third-order valence-corrected chi connectivity index (χ3v) is 3.35. The number of amides is 2. The zero-order valence-electron chi connectivity index (χ0n) is 10.5. The summed E-state index contributed by atoms with van der Waals surface area (Å²) in [6.45, 7) is 3.06. The Morgan fingerprint density at radius 2 is 1.94 bits per heavy atom. The van der Waals surface area contributed by atoms with Crippen LogP contribution in [0, 0.1) is 11.8 Å². The predicted octanol–water partition coefficient (Wildman–Crippen LogP) is 0.00380. The van der Waals surface area contributed by atoms with Crippen LogP contribution >= 0.6 is 0 Å². The highest BCUT2D eigenvalue weighted by Gasteiger charge is 2.29. The van der Waals surface area contributed by atoms with Crippen molar-refractivity contribution >= 4 is 11.8 Å². The molecule has 1 rings (SSSR count). The molecule has 1 aliphatic carbocycles. The molecule has 98 valence electrons. The summed E-state index contributed by atoms with van der Waals surface area (Å²) in [5.74, 6) is 0.105. The highest BCUT2D eigenvalue weighted by Crippen LogP contribution is 2.29. The van der Waals surface area contributed by atoms with E-state index in [-0.39, 0.29) is 30.2 Å². The second-order valence-corrected chi connectivity index (χ2v) is 4.56. The molecule has 5 nitrogen and oxygen atoms in total. The van der Waals surface area contributed by atoms with Crippen molar-refractivity contribution < 1.29 is 9.59 Å². The molecule has 0 aliphatic heterocycles. The fourth-order valence-electron chi connectivity index (χ4n) is 2.39. The van der Waals surface area contributed by atoms with Crippen LogP contribution in [0.4, 0.5) is 0 Å². The first-order valence-corrected chi connectivity index (χ1v) is 6.43. The van der Waals surface area contributed by atoms with Crippen LogP contribution in [-0.2, 0) is 9.59 Å². The Hall–Kier alpha value is -1.10. The molecule has 1 saturated carbocycles. The van der Waals surface area contributed by atoms with Crippen molar-refractivity contribution in [3.8, 4) is 0 Å². The number of carbonyl (C=O) groups is 2. The highest BCUT2D eigenvalue weighted by molar-refractivity contribution is 5.85. The molecule has 2 unspecified atom stereocenters. The summed E-state index contributed by atoms with van der Waals surface area (Å²) in [5.41, 5.74) is 5.68. The lowest BCUT2D eigenvalue weighted by Gasteiger charge is -2.29. The molecule has 0 heterocycles. The topological polar surface area (TPSA) is 84.2 Å². The number of carbonyl (C=O) groups excluding carboxylic acids is 2. The van der Waals surface area contributed by atoms with Gasteiger partial charge in [-0.25, -0.2) is 0 Å². The molecule has 2 atom stereocenters. The molecule has 0 bridgehead atoms. The average Bonchev–Trinajstić information content (AvgIpc) is 2.36. The Labute approximate surface area is 103 Å². The van der Waals surface area contributed by atoms with Gasteiger partial charge >= 0.3 is 0 Å². The summed E-state index contributed by atoms with van der Waals surface area (Å²) < 4.78 is 0. The second kappa shape index (κ2) is 7.27. The molecule has 17 heavy (non-hydrogen) atoms. The van der Waals surface area contributed by atoms with E-state index in [4.69, 9.17) is 5.73 Å².